The van der Waals surface area contributed by atoms with Crippen LogP contribution in [0, 0.1) is 19.7 Å². The summed E-state index contributed by atoms with van der Waals surface area (Å²) in [6.45, 7) is 3.80. The van der Waals surface area contributed by atoms with E-state index >= 15 is 0 Å². The molecule has 1 heterocycles. The van der Waals surface area contributed by atoms with Gasteiger partial charge in [0.05, 0.1) is 12.3 Å². The lowest BCUT2D eigenvalue weighted by Crippen LogP contribution is -2.01. The number of benzene rings is 2. The molecule has 22 heavy (non-hydrogen) atoms. The first-order valence-corrected chi connectivity index (χ1v) is 6.99. The predicted molar refractivity (Wildman–Crippen MR) is 82.1 cm³/mol. The highest BCUT2D eigenvalue weighted by atomic mass is 19.1. The maximum atomic E-state index is 13.5. The summed E-state index contributed by atoms with van der Waals surface area (Å²) < 4.78 is 15.2. The normalized spacial score (nSPS) is 10.9. The van der Waals surface area contributed by atoms with Crippen molar-refractivity contribution in [3.05, 3.63) is 65.1 Å². The van der Waals surface area contributed by atoms with Crippen molar-refractivity contribution in [2.45, 2.75) is 20.5 Å². The van der Waals surface area contributed by atoms with Crippen molar-refractivity contribution in [1.82, 2.24) is 15.0 Å². The minimum atomic E-state index is -0.339. The van der Waals surface area contributed by atoms with Gasteiger partial charge in [-0.3, -0.25) is 0 Å². The molecule has 3 rings (SSSR count). The number of hydrogen-bond donors (Lipinski definition) is 1. The van der Waals surface area contributed by atoms with Crippen molar-refractivity contribution >= 4 is 0 Å². The smallest absolute Gasteiger partial charge is 0.123 e. The molecular formula is C17H16FN3O. The summed E-state index contributed by atoms with van der Waals surface area (Å²) in [7, 11) is 0. The van der Waals surface area contributed by atoms with Crippen molar-refractivity contribution in [2.24, 2.45) is 0 Å². The van der Waals surface area contributed by atoms with E-state index in [4.69, 9.17) is 0 Å². The second-order valence-electron chi connectivity index (χ2n) is 5.23. The molecule has 3 aromatic rings. The Morgan fingerprint density at radius 1 is 1.09 bits per heavy atom. The molecule has 1 N–H and O–H groups in total. The highest BCUT2D eigenvalue weighted by Crippen LogP contribution is 2.26. The molecule has 0 aliphatic carbocycles. The second kappa shape index (κ2) is 5.69. The van der Waals surface area contributed by atoms with E-state index in [0.29, 0.717) is 17.0 Å². The molecule has 0 atom stereocenters. The monoisotopic (exact) mass is 297 g/mol. The molecule has 5 heteroatoms. The van der Waals surface area contributed by atoms with Crippen molar-refractivity contribution in [2.75, 3.05) is 0 Å². The fraction of sp³-hybridized carbons (Fsp3) is 0.176. The number of aryl methyl sites for hydroxylation is 2. The van der Waals surface area contributed by atoms with Crippen LogP contribution >= 0.6 is 0 Å². The van der Waals surface area contributed by atoms with Gasteiger partial charge in [-0.2, -0.15) is 0 Å². The Kier molecular flexibility index (Phi) is 3.73. The van der Waals surface area contributed by atoms with Crippen LogP contribution < -0.4 is 0 Å². The van der Waals surface area contributed by atoms with Crippen LogP contribution in [0.5, 0.6) is 0 Å². The molecule has 0 fully saturated rings. The van der Waals surface area contributed by atoms with Gasteiger partial charge < -0.3 is 5.11 Å². The molecule has 0 saturated carbocycles. The lowest BCUT2D eigenvalue weighted by Gasteiger charge is -2.10. The fourth-order valence-corrected chi connectivity index (χ4v) is 2.38. The highest BCUT2D eigenvalue weighted by molar-refractivity contribution is 5.64. The van der Waals surface area contributed by atoms with Crippen LogP contribution in [0.1, 0.15) is 16.8 Å². The molecule has 0 spiro atoms. The zero-order valence-electron chi connectivity index (χ0n) is 12.4. The first-order valence-electron chi connectivity index (χ1n) is 6.99. The van der Waals surface area contributed by atoms with E-state index in [1.165, 1.54) is 17.7 Å². The van der Waals surface area contributed by atoms with Gasteiger partial charge in [0.15, 0.2) is 0 Å². The number of aliphatic hydroxyl groups is 1. The Bertz CT molecular complexity index is 827. The van der Waals surface area contributed by atoms with Crippen LogP contribution in [0.25, 0.3) is 16.9 Å². The van der Waals surface area contributed by atoms with Gasteiger partial charge in [-0.1, -0.05) is 23.4 Å². The standard InChI is InChI=1S/C17H16FN3O/c1-11-6-7-15(8-12(11)2)21-17(16(10-22)19-20-21)13-4-3-5-14(18)9-13/h3-9,22H,10H2,1-2H3. The van der Waals surface area contributed by atoms with Crippen LogP contribution in [0.3, 0.4) is 0 Å². The Hall–Kier alpha value is -2.53. The lowest BCUT2D eigenvalue weighted by atomic mass is 10.1. The van der Waals surface area contributed by atoms with Crippen molar-refractivity contribution in [1.29, 1.82) is 0 Å². The van der Waals surface area contributed by atoms with Crippen LogP contribution in [0.2, 0.25) is 0 Å². The first-order chi connectivity index (χ1) is 10.6. The van der Waals surface area contributed by atoms with Crippen LogP contribution in [-0.2, 0) is 6.61 Å². The van der Waals surface area contributed by atoms with E-state index < -0.39 is 0 Å². The van der Waals surface area contributed by atoms with E-state index in [-0.39, 0.29) is 12.4 Å². The topological polar surface area (TPSA) is 50.9 Å². The number of aliphatic hydroxyl groups excluding tert-OH is 1. The summed E-state index contributed by atoms with van der Waals surface area (Å²) >= 11 is 0. The maximum absolute atomic E-state index is 13.5. The van der Waals surface area contributed by atoms with Gasteiger partial charge in [0, 0.05) is 5.56 Å². The highest BCUT2D eigenvalue weighted by Gasteiger charge is 2.16. The summed E-state index contributed by atoms with van der Waals surface area (Å²) in [5.74, 6) is -0.339. The van der Waals surface area contributed by atoms with Crippen molar-refractivity contribution < 1.29 is 9.50 Å². The second-order valence-corrected chi connectivity index (χ2v) is 5.23. The van der Waals surface area contributed by atoms with E-state index in [2.05, 4.69) is 10.3 Å². The van der Waals surface area contributed by atoms with Gasteiger partial charge in [-0.05, 0) is 49.2 Å². The largest absolute Gasteiger partial charge is 0.390 e. The summed E-state index contributed by atoms with van der Waals surface area (Å²) in [5.41, 5.74) is 4.79. The molecule has 4 nitrogen and oxygen atoms in total. The molecular weight excluding hydrogens is 281 g/mol. The van der Waals surface area contributed by atoms with Crippen LogP contribution in [0.15, 0.2) is 42.5 Å². The minimum absolute atomic E-state index is 0.253. The molecule has 0 aliphatic heterocycles. The van der Waals surface area contributed by atoms with Crippen LogP contribution in [-0.4, -0.2) is 20.1 Å². The Labute approximate surface area is 127 Å². The maximum Gasteiger partial charge on any atom is 0.123 e. The molecule has 0 radical (unpaired) electrons. The third-order valence-corrected chi connectivity index (χ3v) is 3.72. The van der Waals surface area contributed by atoms with Gasteiger partial charge in [0.1, 0.15) is 17.2 Å². The number of aromatic nitrogens is 3. The SMILES string of the molecule is Cc1ccc(-n2nnc(CO)c2-c2cccc(F)c2)cc1C. The number of halogens is 1. The van der Waals surface area contributed by atoms with Crippen molar-refractivity contribution in [3.63, 3.8) is 0 Å². The van der Waals surface area contributed by atoms with E-state index in [0.717, 1.165) is 11.3 Å². The molecule has 0 aliphatic rings. The van der Waals surface area contributed by atoms with Gasteiger partial charge in [0.25, 0.3) is 0 Å². The quantitative estimate of drug-likeness (QED) is 0.808. The average Bonchev–Trinajstić information content (AvgIpc) is 2.94. The summed E-state index contributed by atoms with van der Waals surface area (Å²) in [4.78, 5) is 0. The molecule has 0 unspecified atom stereocenters. The minimum Gasteiger partial charge on any atom is -0.390 e. The summed E-state index contributed by atoms with van der Waals surface area (Å²) in [6, 6.07) is 12.1. The van der Waals surface area contributed by atoms with E-state index in [9.17, 15) is 9.50 Å². The molecule has 0 amide bonds. The summed E-state index contributed by atoms with van der Waals surface area (Å²) in [5, 5.41) is 17.6. The molecule has 0 bridgehead atoms. The molecule has 2 aromatic carbocycles. The number of nitrogens with zero attached hydrogens (tertiary/aromatic N) is 3. The molecule has 112 valence electrons. The van der Waals surface area contributed by atoms with Crippen LogP contribution in [0.4, 0.5) is 4.39 Å². The zero-order valence-corrected chi connectivity index (χ0v) is 12.4. The van der Waals surface area contributed by atoms with Gasteiger partial charge in [0.2, 0.25) is 0 Å². The first kappa shape index (κ1) is 14.4. The fourth-order valence-electron chi connectivity index (χ4n) is 2.38. The van der Waals surface area contributed by atoms with E-state index in [1.54, 1.807) is 16.8 Å². The number of hydrogen-bond acceptors (Lipinski definition) is 3. The lowest BCUT2D eigenvalue weighted by molar-refractivity contribution is 0.277. The average molecular weight is 297 g/mol. The van der Waals surface area contributed by atoms with Gasteiger partial charge in [-0.25, -0.2) is 9.07 Å². The predicted octanol–water partition coefficient (Wildman–Crippen LogP) is 3.18. The Balaban J connectivity index is 2.21. The van der Waals surface area contributed by atoms with Gasteiger partial charge in [-0.15, -0.1) is 5.10 Å². The van der Waals surface area contributed by atoms with Gasteiger partial charge >= 0.3 is 0 Å². The summed E-state index contributed by atoms with van der Waals surface area (Å²) in [6.07, 6.45) is 0. The zero-order chi connectivity index (χ0) is 15.7. The molecule has 1 aromatic heterocycles. The molecule has 0 saturated heterocycles. The third-order valence-electron chi connectivity index (χ3n) is 3.72. The Morgan fingerprint density at radius 2 is 1.91 bits per heavy atom. The van der Waals surface area contributed by atoms with Crippen molar-refractivity contribution in [3.8, 4) is 16.9 Å². The third kappa shape index (κ3) is 2.51. The number of rotatable bonds is 3. The Morgan fingerprint density at radius 3 is 2.59 bits per heavy atom. The van der Waals surface area contributed by atoms with E-state index in [1.807, 2.05) is 32.0 Å².